The van der Waals surface area contributed by atoms with E-state index in [1.807, 2.05) is 26.8 Å². The number of nitrogens with two attached hydrogens (primary N) is 1. The first-order valence-corrected chi connectivity index (χ1v) is 6.98. The van der Waals surface area contributed by atoms with E-state index in [1.165, 1.54) is 10.9 Å². The van der Waals surface area contributed by atoms with Crippen LogP contribution in [0.5, 0.6) is 0 Å². The van der Waals surface area contributed by atoms with E-state index in [2.05, 4.69) is 10.4 Å². The van der Waals surface area contributed by atoms with Crippen LogP contribution in [-0.2, 0) is 6.42 Å². The van der Waals surface area contributed by atoms with Crippen molar-refractivity contribution in [3.8, 4) is 0 Å². The normalized spacial score (nSPS) is 12.7. The maximum Gasteiger partial charge on any atom is 0.128 e. The van der Waals surface area contributed by atoms with Gasteiger partial charge in [-0.25, -0.2) is 9.37 Å². The average molecular weight is 279 g/mol. The molecule has 1 heterocycles. The molecular weight excluding hydrogens is 261 g/mol. The minimum absolute atomic E-state index is 0.229. The quantitative estimate of drug-likeness (QED) is 0.668. The van der Waals surface area contributed by atoms with Gasteiger partial charge in [-0.2, -0.15) is 0 Å². The summed E-state index contributed by atoms with van der Waals surface area (Å²) in [6.07, 6.45) is 0.593. The van der Waals surface area contributed by atoms with Crippen LogP contribution in [0.1, 0.15) is 32.7 Å². The first kappa shape index (κ1) is 14.1. The monoisotopic (exact) mass is 279 g/mol. The summed E-state index contributed by atoms with van der Waals surface area (Å²) in [6.45, 7) is 5.88. The molecule has 0 amide bonds. The maximum atomic E-state index is 14.0. The van der Waals surface area contributed by atoms with E-state index in [4.69, 9.17) is 5.84 Å². The van der Waals surface area contributed by atoms with Crippen molar-refractivity contribution in [1.29, 1.82) is 0 Å². The Morgan fingerprint density at radius 2 is 2.11 bits per heavy atom. The third-order valence-electron chi connectivity index (χ3n) is 3.18. The molecule has 1 aromatic carbocycles. The molecule has 3 nitrogen and oxygen atoms in total. The summed E-state index contributed by atoms with van der Waals surface area (Å²) in [6, 6.07) is 4.94. The van der Waals surface area contributed by atoms with Crippen LogP contribution in [0, 0.1) is 26.6 Å². The summed E-state index contributed by atoms with van der Waals surface area (Å²) in [5.41, 5.74) is 5.19. The zero-order valence-corrected chi connectivity index (χ0v) is 12.1. The Labute approximate surface area is 116 Å². The Bertz CT molecular complexity index is 561. The van der Waals surface area contributed by atoms with Crippen molar-refractivity contribution in [2.75, 3.05) is 0 Å². The van der Waals surface area contributed by atoms with E-state index in [1.54, 1.807) is 17.4 Å². The van der Waals surface area contributed by atoms with Crippen LogP contribution in [0.25, 0.3) is 0 Å². The second-order valence-electron chi connectivity index (χ2n) is 4.70. The fraction of sp³-hybridized carbons (Fsp3) is 0.357. The highest BCUT2D eigenvalue weighted by Gasteiger charge is 2.17. The van der Waals surface area contributed by atoms with Gasteiger partial charge in [0.15, 0.2) is 0 Å². The van der Waals surface area contributed by atoms with Crippen LogP contribution in [0.3, 0.4) is 0 Å². The number of nitrogens with one attached hydrogen (secondary N) is 1. The zero-order chi connectivity index (χ0) is 14.0. The molecule has 1 atom stereocenters. The van der Waals surface area contributed by atoms with E-state index in [-0.39, 0.29) is 11.9 Å². The number of nitrogens with zero attached hydrogens (tertiary/aromatic N) is 1. The Morgan fingerprint density at radius 1 is 1.37 bits per heavy atom. The molecule has 0 radical (unpaired) electrons. The molecule has 102 valence electrons. The predicted molar refractivity (Wildman–Crippen MR) is 76.5 cm³/mol. The Morgan fingerprint density at radius 3 is 2.63 bits per heavy atom. The predicted octanol–water partition coefficient (Wildman–Crippen LogP) is 2.95. The van der Waals surface area contributed by atoms with Gasteiger partial charge in [0, 0.05) is 16.9 Å². The minimum Gasteiger partial charge on any atom is -0.271 e. The van der Waals surface area contributed by atoms with E-state index in [9.17, 15) is 4.39 Å². The maximum absolute atomic E-state index is 14.0. The molecule has 0 aliphatic rings. The highest BCUT2D eigenvalue weighted by molar-refractivity contribution is 7.11. The fourth-order valence-electron chi connectivity index (χ4n) is 1.97. The molecule has 2 rings (SSSR count). The largest absolute Gasteiger partial charge is 0.271 e. The third kappa shape index (κ3) is 3.18. The lowest BCUT2D eigenvalue weighted by Crippen LogP contribution is -2.30. The number of hydrogen-bond donors (Lipinski definition) is 2. The van der Waals surface area contributed by atoms with Crippen molar-refractivity contribution >= 4 is 11.3 Å². The molecule has 3 N–H and O–H groups in total. The summed E-state index contributed by atoms with van der Waals surface area (Å²) < 4.78 is 14.0. The number of halogens is 1. The molecule has 2 aromatic rings. The van der Waals surface area contributed by atoms with Crippen molar-refractivity contribution in [2.24, 2.45) is 5.84 Å². The second kappa shape index (κ2) is 5.77. The molecule has 0 aliphatic heterocycles. The molecule has 0 saturated heterocycles. The van der Waals surface area contributed by atoms with Gasteiger partial charge in [-0.1, -0.05) is 12.1 Å². The van der Waals surface area contributed by atoms with Crippen LogP contribution < -0.4 is 11.3 Å². The SMILES string of the molecule is Cc1ccc(C(Cc2nc(C)c(C)s2)NN)c(F)c1. The van der Waals surface area contributed by atoms with Gasteiger partial charge in [0.2, 0.25) is 0 Å². The van der Waals surface area contributed by atoms with Crippen LogP contribution >= 0.6 is 11.3 Å². The van der Waals surface area contributed by atoms with Crippen LogP contribution in [0.4, 0.5) is 4.39 Å². The molecule has 5 heteroatoms. The standard InChI is InChI=1S/C14H18FN3S/c1-8-4-5-11(12(15)6-8)13(18-16)7-14-17-9(2)10(3)19-14/h4-6,13,18H,7,16H2,1-3H3. The van der Waals surface area contributed by atoms with Crippen molar-refractivity contribution in [3.05, 3.63) is 50.7 Å². The molecule has 1 aromatic heterocycles. The smallest absolute Gasteiger partial charge is 0.128 e. The highest BCUT2D eigenvalue weighted by Crippen LogP contribution is 2.25. The van der Waals surface area contributed by atoms with E-state index in [0.29, 0.717) is 12.0 Å². The van der Waals surface area contributed by atoms with Gasteiger partial charge < -0.3 is 0 Å². The summed E-state index contributed by atoms with van der Waals surface area (Å²) >= 11 is 1.63. The first-order chi connectivity index (χ1) is 9.01. The molecule has 0 aliphatic carbocycles. The van der Waals surface area contributed by atoms with Crippen molar-refractivity contribution in [1.82, 2.24) is 10.4 Å². The Kier molecular flexibility index (Phi) is 4.29. The molecule has 0 bridgehead atoms. The van der Waals surface area contributed by atoms with Crippen molar-refractivity contribution < 1.29 is 4.39 Å². The zero-order valence-electron chi connectivity index (χ0n) is 11.3. The van der Waals surface area contributed by atoms with E-state index < -0.39 is 0 Å². The van der Waals surface area contributed by atoms with Gasteiger partial charge in [-0.3, -0.25) is 11.3 Å². The number of hydrogen-bond acceptors (Lipinski definition) is 4. The lowest BCUT2D eigenvalue weighted by Gasteiger charge is -2.16. The second-order valence-corrected chi connectivity index (χ2v) is 5.99. The minimum atomic E-state index is -0.259. The van der Waals surface area contributed by atoms with E-state index >= 15 is 0 Å². The molecule has 0 fully saturated rings. The highest BCUT2D eigenvalue weighted by atomic mass is 32.1. The summed E-state index contributed by atoms with van der Waals surface area (Å²) in [5, 5.41) is 0.970. The number of thiazole rings is 1. The molecule has 0 saturated carbocycles. The number of benzene rings is 1. The van der Waals surface area contributed by atoms with Gasteiger partial charge in [-0.05, 0) is 32.4 Å². The van der Waals surface area contributed by atoms with E-state index in [0.717, 1.165) is 16.3 Å². The number of aromatic nitrogens is 1. The number of aryl methyl sites for hydroxylation is 3. The van der Waals surface area contributed by atoms with Crippen molar-refractivity contribution in [2.45, 2.75) is 33.2 Å². The lowest BCUT2D eigenvalue weighted by molar-refractivity contribution is 0.509. The lowest BCUT2D eigenvalue weighted by atomic mass is 10.0. The van der Waals surface area contributed by atoms with Crippen LogP contribution in [0.15, 0.2) is 18.2 Å². The molecule has 19 heavy (non-hydrogen) atoms. The molecule has 1 unspecified atom stereocenters. The molecular formula is C14H18FN3S. The van der Waals surface area contributed by atoms with Gasteiger partial charge in [0.25, 0.3) is 0 Å². The topological polar surface area (TPSA) is 50.9 Å². The van der Waals surface area contributed by atoms with Gasteiger partial charge >= 0.3 is 0 Å². The summed E-state index contributed by atoms with van der Waals surface area (Å²) in [5.74, 6) is 5.34. The first-order valence-electron chi connectivity index (χ1n) is 6.16. The number of hydrazine groups is 1. The van der Waals surface area contributed by atoms with Crippen LogP contribution in [-0.4, -0.2) is 4.98 Å². The average Bonchev–Trinajstić information content (AvgIpc) is 2.66. The Balaban J connectivity index is 2.24. The fourth-order valence-corrected chi connectivity index (χ4v) is 2.95. The van der Waals surface area contributed by atoms with Crippen molar-refractivity contribution in [3.63, 3.8) is 0 Å². The van der Waals surface area contributed by atoms with Crippen LogP contribution in [0.2, 0.25) is 0 Å². The van der Waals surface area contributed by atoms with Gasteiger partial charge in [0.05, 0.1) is 16.7 Å². The number of rotatable bonds is 4. The van der Waals surface area contributed by atoms with Gasteiger partial charge in [0.1, 0.15) is 5.82 Å². The van der Waals surface area contributed by atoms with Gasteiger partial charge in [-0.15, -0.1) is 11.3 Å². The summed E-state index contributed by atoms with van der Waals surface area (Å²) in [7, 11) is 0. The Hall–Kier alpha value is -1.30. The molecule has 0 spiro atoms. The third-order valence-corrected chi connectivity index (χ3v) is 4.28. The summed E-state index contributed by atoms with van der Waals surface area (Å²) in [4.78, 5) is 5.66.